The van der Waals surface area contributed by atoms with E-state index in [1.54, 1.807) is 49.4 Å². The van der Waals surface area contributed by atoms with Gasteiger partial charge in [0, 0.05) is 17.6 Å². The highest BCUT2D eigenvalue weighted by Crippen LogP contribution is 2.27. The minimum Gasteiger partial charge on any atom is -0.352 e. The molecule has 214 valence electrons. The van der Waals surface area contributed by atoms with Gasteiger partial charge in [-0.3, -0.25) is 13.9 Å². The van der Waals surface area contributed by atoms with Gasteiger partial charge in [0.25, 0.3) is 10.0 Å². The number of amides is 2. The minimum absolute atomic E-state index is 0.0127. The number of carbonyl (C=O) groups is 2. The molecular weight excluding hydrogens is 593 g/mol. The van der Waals surface area contributed by atoms with E-state index in [4.69, 9.17) is 34.8 Å². The molecule has 0 saturated carbocycles. The molecule has 2 amide bonds. The maximum Gasteiger partial charge on any atom is 0.264 e. The number of carbonyl (C=O) groups excluding carboxylic acids is 2. The SMILES string of the molecule is CCC(C(=O)NC(C)C)N(Cc1ccc(Cl)c(Cl)c1)C(=O)CN(c1ccc(Cl)cc1)S(=O)(=O)c1ccc(C)cc1. The van der Waals surface area contributed by atoms with Crippen LogP contribution in [0.3, 0.4) is 0 Å². The van der Waals surface area contributed by atoms with Crippen LogP contribution >= 0.6 is 34.8 Å². The average molecular weight is 625 g/mol. The van der Waals surface area contributed by atoms with Crippen LogP contribution in [-0.4, -0.2) is 43.8 Å². The Balaban J connectivity index is 2.07. The molecule has 3 aromatic rings. The van der Waals surface area contributed by atoms with Gasteiger partial charge < -0.3 is 10.2 Å². The Hall–Kier alpha value is -2.78. The molecule has 3 aromatic carbocycles. The summed E-state index contributed by atoms with van der Waals surface area (Å²) < 4.78 is 28.7. The van der Waals surface area contributed by atoms with Gasteiger partial charge in [0.15, 0.2) is 0 Å². The van der Waals surface area contributed by atoms with Crippen LogP contribution in [0.4, 0.5) is 5.69 Å². The first-order valence-electron chi connectivity index (χ1n) is 12.7. The second-order valence-corrected chi connectivity index (χ2v) is 12.8. The monoisotopic (exact) mass is 623 g/mol. The highest BCUT2D eigenvalue weighted by Gasteiger charge is 2.34. The van der Waals surface area contributed by atoms with Gasteiger partial charge >= 0.3 is 0 Å². The van der Waals surface area contributed by atoms with Gasteiger partial charge in [0.1, 0.15) is 12.6 Å². The van der Waals surface area contributed by atoms with E-state index in [9.17, 15) is 18.0 Å². The van der Waals surface area contributed by atoms with Crippen molar-refractivity contribution in [1.82, 2.24) is 10.2 Å². The molecule has 7 nitrogen and oxygen atoms in total. The molecule has 0 aliphatic carbocycles. The Morgan fingerprint density at radius 3 is 2.08 bits per heavy atom. The summed E-state index contributed by atoms with van der Waals surface area (Å²) in [5, 5.41) is 3.93. The molecule has 1 atom stereocenters. The van der Waals surface area contributed by atoms with Crippen LogP contribution in [0.5, 0.6) is 0 Å². The Labute approximate surface area is 251 Å². The Kier molecular flexibility index (Phi) is 10.9. The summed E-state index contributed by atoms with van der Waals surface area (Å²) in [6.07, 6.45) is 0.303. The molecule has 0 radical (unpaired) electrons. The van der Waals surface area contributed by atoms with E-state index in [-0.39, 0.29) is 29.1 Å². The molecule has 0 aromatic heterocycles. The zero-order valence-corrected chi connectivity index (χ0v) is 25.8. The first-order chi connectivity index (χ1) is 18.8. The molecule has 3 rings (SSSR count). The Morgan fingerprint density at radius 2 is 1.52 bits per heavy atom. The maximum absolute atomic E-state index is 14.0. The van der Waals surface area contributed by atoms with Crippen molar-refractivity contribution in [3.8, 4) is 0 Å². The third-order valence-electron chi connectivity index (χ3n) is 6.16. The van der Waals surface area contributed by atoms with Crippen LogP contribution < -0.4 is 9.62 Å². The molecule has 0 fully saturated rings. The summed E-state index contributed by atoms with van der Waals surface area (Å²) in [6.45, 7) is 6.76. The predicted octanol–water partition coefficient (Wildman–Crippen LogP) is 6.48. The normalized spacial score (nSPS) is 12.2. The Morgan fingerprint density at radius 1 is 0.900 bits per heavy atom. The van der Waals surface area contributed by atoms with E-state index >= 15 is 0 Å². The first-order valence-corrected chi connectivity index (χ1v) is 15.3. The molecule has 11 heteroatoms. The number of hydrogen-bond acceptors (Lipinski definition) is 4. The molecular formula is C29H32Cl3N3O4S. The summed E-state index contributed by atoms with van der Waals surface area (Å²) in [4.78, 5) is 28.6. The number of aryl methyl sites for hydroxylation is 1. The van der Waals surface area contributed by atoms with Crippen molar-refractivity contribution in [2.75, 3.05) is 10.8 Å². The number of anilines is 1. The van der Waals surface area contributed by atoms with Crippen molar-refractivity contribution < 1.29 is 18.0 Å². The maximum atomic E-state index is 14.0. The van der Waals surface area contributed by atoms with Crippen molar-refractivity contribution in [3.05, 3.63) is 92.9 Å². The minimum atomic E-state index is -4.17. The second kappa shape index (κ2) is 13.7. The number of sulfonamides is 1. The number of benzene rings is 3. The lowest BCUT2D eigenvalue weighted by atomic mass is 10.1. The molecule has 1 N–H and O–H groups in total. The summed E-state index contributed by atoms with van der Waals surface area (Å²) in [5.41, 5.74) is 1.79. The van der Waals surface area contributed by atoms with Gasteiger partial charge in [-0.25, -0.2) is 8.42 Å². The van der Waals surface area contributed by atoms with Crippen molar-refractivity contribution in [1.29, 1.82) is 0 Å². The molecule has 0 aliphatic heterocycles. The Bertz CT molecular complexity index is 1450. The average Bonchev–Trinajstić information content (AvgIpc) is 2.89. The van der Waals surface area contributed by atoms with Crippen molar-refractivity contribution in [3.63, 3.8) is 0 Å². The smallest absolute Gasteiger partial charge is 0.264 e. The lowest BCUT2D eigenvalue weighted by Crippen LogP contribution is -2.53. The summed E-state index contributed by atoms with van der Waals surface area (Å²) in [5.74, 6) is -0.909. The van der Waals surface area contributed by atoms with Crippen LogP contribution in [0.2, 0.25) is 15.1 Å². The van der Waals surface area contributed by atoms with Crippen LogP contribution in [0.15, 0.2) is 71.6 Å². The largest absolute Gasteiger partial charge is 0.352 e. The topological polar surface area (TPSA) is 86.8 Å². The zero-order chi connectivity index (χ0) is 29.6. The molecule has 0 spiro atoms. The van der Waals surface area contributed by atoms with E-state index < -0.39 is 28.5 Å². The number of hydrogen-bond donors (Lipinski definition) is 1. The third-order valence-corrected chi connectivity index (χ3v) is 8.94. The fourth-order valence-corrected chi connectivity index (χ4v) is 5.97. The van der Waals surface area contributed by atoms with Crippen LogP contribution in [0.25, 0.3) is 0 Å². The highest BCUT2D eigenvalue weighted by atomic mass is 35.5. The van der Waals surface area contributed by atoms with Crippen molar-refractivity contribution >= 4 is 62.3 Å². The number of nitrogens with one attached hydrogen (secondary N) is 1. The summed E-state index contributed by atoms with van der Waals surface area (Å²) in [6, 6.07) is 16.5. The number of rotatable bonds is 11. The van der Waals surface area contributed by atoms with E-state index in [1.807, 2.05) is 20.8 Å². The fraction of sp³-hybridized carbons (Fsp3) is 0.310. The van der Waals surface area contributed by atoms with Gasteiger partial charge in [-0.05, 0) is 81.3 Å². The van der Waals surface area contributed by atoms with Gasteiger partial charge in [0.2, 0.25) is 11.8 Å². The lowest BCUT2D eigenvalue weighted by Gasteiger charge is -2.33. The van der Waals surface area contributed by atoms with E-state index in [0.29, 0.717) is 27.1 Å². The standard InChI is InChI=1S/C29H32Cl3N3O4S/c1-5-27(29(37)33-19(2)3)34(17-21-8-15-25(31)26(32)16-21)28(36)18-35(23-11-9-22(30)10-12-23)40(38,39)24-13-6-20(4)7-14-24/h6-16,19,27H,5,17-18H2,1-4H3,(H,33,37). The van der Waals surface area contributed by atoms with Gasteiger partial charge in [-0.2, -0.15) is 0 Å². The molecule has 0 saturated heterocycles. The molecule has 0 heterocycles. The van der Waals surface area contributed by atoms with E-state index in [0.717, 1.165) is 9.87 Å². The summed E-state index contributed by atoms with van der Waals surface area (Å²) in [7, 11) is -4.17. The quantitative estimate of drug-likeness (QED) is 0.265. The van der Waals surface area contributed by atoms with Crippen molar-refractivity contribution in [2.45, 2.75) is 57.6 Å². The molecule has 1 unspecified atom stereocenters. The number of nitrogens with zero attached hydrogens (tertiary/aromatic N) is 2. The van der Waals surface area contributed by atoms with E-state index in [1.165, 1.54) is 29.2 Å². The molecule has 0 bridgehead atoms. The van der Waals surface area contributed by atoms with Gasteiger partial charge in [-0.15, -0.1) is 0 Å². The van der Waals surface area contributed by atoms with Crippen LogP contribution in [-0.2, 0) is 26.2 Å². The molecule has 40 heavy (non-hydrogen) atoms. The lowest BCUT2D eigenvalue weighted by molar-refractivity contribution is -0.140. The third kappa shape index (κ3) is 7.91. The molecule has 0 aliphatic rings. The summed E-state index contributed by atoms with van der Waals surface area (Å²) >= 11 is 18.4. The highest BCUT2D eigenvalue weighted by molar-refractivity contribution is 7.92. The number of halogens is 3. The fourth-order valence-electron chi connectivity index (χ4n) is 4.11. The van der Waals surface area contributed by atoms with Crippen LogP contribution in [0, 0.1) is 6.92 Å². The van der Waals surface area contributed by atoms with Crippen molar-refractivity contribution in [2.24, 2.45) is 0 Å². The van der Waals surface area contributed by atoms with Crippen LogP contribution in [0.1, 0.15) is 38.3 Å². The first kappa shape index (κ1) is 31.7. The zero-order valence-electron chi connectivity index (χ0n) is 22.7. The van der Waals surface area contributed by atoms with E-state index in [2.05, 4.69) is 5.32 Å². The second-order valence-electron chi connectivity index (χ2n) is 9.66. The van der Waals surface area contributed by atoms with Gasteiger partial charge in [-0.1, -0.05) is 65.5 Å². The van der Waals surface area contributed by atoms with Gasteiger partial charge in [0.05, 0.1) is 20.6 Å². The predicted molar refractivity (Wildman–Crippen MR) is 162 cm³/mol.